The van der Waals surface area contributed by atoms with Crippen LogP contribution in [0.4, 0.5) is 17.2 Å². The predicted molar refractivity (Wildman–Crippen MR) is 95.8 cm³/mol. The van der Waals surface area contributed by atoms with Gasteiger partial charge < -0.3 is 15.5 Å². The van der Waals surface area contributed by atoms with E-state index in [1.807, 2.05) is 17.0 Å². The van der Waals surface area contributed by atoms with Gasteiger partial charge in [-0.2, -0.15) is 0 Å². The van der Waals surface area contributed by atoms with Crippen molar-refractivity contribution >= 4 is 29.0 Å². The molecule has 3 rings (SSSR count). The minimum Gasteiger partial charge on any atom is -0.339 e. The summed E-state index contributed by atoms with van der Waals surface area (Å²) in [6, 6.07) is 10.7. The molecule has 2 N–H and O–H groups in total. The zero-order valence-electron chi connectivity index (χ0n) is 14.2. The van der Waals surface area contributed by atoms with E-state index in [1.165, 1.54) is 13.3 Å². The van der Waals surface area contributed by atoms with E-state index >= 15 is 0 Å². The number of aromatic nitrogens is 2. The standard InChI is InChI=1S/C18H21N5O2/c1-13(24)19-14-6-5-7-15(12-14)20-17-9-8-16(21-22-17)18(25)23-10-3-2-4-11-23/h5-9,12H,2-4,10-11H2,1H3,(H,19,24)(H,20,22). The number of nitrogens with zero attached hydrogens (tertiary/aromatic N) is 3. The number of benzene rings is 1. The molecule has 7 nitrogen and oxygen atoms in total. The first kappa shape index (κ1) is 16.9. The lowest BCUT2D eigenvalue weighted by atomic mass is 10.1. The summed E-state index contributed by atoms with van der Waals surface area (Å²) in [4.78, 5) is 25.3. The summed E-state index contributed by atoms with van der Waals surface area (Å²) in [6.45, 7) is 3.04. The highest BCUT2D eigenvalue weighted by atomic mass is 16.2. The molecule has 1 aliphatic rings. The quantitative estimate of drug-likeness (QED) is 0.894. The van der Waals surface area contributed by atoms with E-state index in [9.17, 15) is 9.59 Å². The molecule has 7 heteroatoms. The number of nitrogens with one attached hydrogen (secondary N) is 2. The fourth-order valence-corrected chi connectivity index (χ4v) is 2.80. The Balaban J connectivity index is 1.66. The van der Waals surface area contributed by atoms with E-state index in [4.69, 9.17) is 0 Å². The van der Waals surface area contributed by atoms with E-state index in [0.29, 0.717) is 17.2 Å². The number of anilines is 3. The molecule has 0 unspecified atom stereocenters. The normalized spacial score (nSPS) is 14.0. The van der Waals surface area contributed by atoms with Gasteiger partial charge in [-0.25, -0.2) is 0 Å². The molecule has 2 aromatic rings. The van der Waals surface area contributed by atoms with Gasteiger partial charge in [-0.15, -0.1) is 10.2 Å². The van der Waals surface area contributed by atoms with Crippen LogP contribution in [-0.2, 0) is 4.79 Å². The molecule has 25 heavy (non-hydrogen) atoms. The number of hydrogen-bond acceptors (Lipinski definition) is 5. The number of rotatable bonds is 4. The summed E-state index contributed by atoms with van der Waals surface area (Å²) < 4.78 is 0. The average molecular weight is 339 g/mol. The first-order valence-electron chi connectivity index (χ1n) is 8.39. The van der Waals surface area contributed by atoms with Crippen molar-refractivity contribution in [3.8, 4) is 0 Å². The Labute approximate surface area is 146 Å². The van der Waals surface area contributed by atoms with Gasteiger partial charge in [0.05, 0.1) is 0 Å². The number of hydrogen-bond donors (Lipinski definition) is 2. The minimum atomic E-state index is -0.127. The van der Waals surface area contributed by atoms with Crippen LogP contribution in [-0.4, -0.2) is 40.0 Å². The first-order chi connectivity index (χ1) is 12.1. The van der Waals surface area contributed by atoms with Gasteiger partial charge in [0.2, 0.25) is 5.91 Å². The molecule has 0 atom stereocenters. The van der Waals surface area contributed by atoms with Gasteiger partial charge in [-0.3, -0.25) is 9.59 Å². The monoisotopic (exact) mass is 339 g/mol. The van der Waals surface area contributed by atoms with Crippen LogP contribution in [0.3, 0.4) is 0 Å². The SMILES string of the molecule is CC(=O)Nc1cccc(Nc2ccc(C(=O)N3CCCCC3)nn2)c1. The Bertz CT molecular complexity index is 754. The lowest BCUT2D eigenvalue weighted by Gasteiger charge is -2.26. The summed E-state index contributed by atoms with van der Waals surface area (Å²) in [7, 11) is 0. The number of carbonyl (C=O) groups excluding carboxylic acids is 2. The van der Waals surface area contributed by atoms with Gasteiger partial charge in [0.1, 0.15) is 0 Å². The molecule has 1 aliphatic heterocycles. The highest BCUT2D eigenvalue weighted by Crippen LogP contribution is 2.19. The summed E-state index contributed by atoms with van der Waals surface area (Å²) in [5.41, 5.74) is 1.83. The van der Waals surface area contributed by atoms with Crippen LogP contribution in [0.15, 0.2) is 36.4 Å². The third kappa shape index (κ3) is 4.53. The summed E-state index contributed by atoms with van der Waals surface area (Å²) in [5, 5.41) is 14.0. The fourth-order valence-electron chi connectivity index (χ4n) is 2.80. The molecule has 2 heterocycles. The maximum Gasteiger partial charge on any atom is 0.274 e. The van der Waals surface area contributed by atoms with E-state index in [0.717, 1.165) is 31.6 Å². The maximum absolute atomic E-state index is 12.4. The van der Waals surface area contributed by atoms with Gasteiger partial charge in [0.25, 0.3) is 5.91 Å². The van der Waals surface area contributed by atoms with Crippen LogP contribution in [0.25, 0.3) is 0 Å². The molecule has 1 fully saturated rings. The second-order valence-electron chi connectivity index (χ2n) is 6.04. The van der Waals surface area contributed by atoms with Gasteiger partial charge >= 0.3 is 0 Å². The molecular weight excluding hydrogens is 318 g/mol. The fraction of sp³-hybridized carbons (Fsp3) is 0.333. The molecule has 0 bridgehead atoms. The van der Waals surface area contributed by atoms with Crippen LogP contribution < -0.4 is 10.6 Å². The van der Waals surface area contributed by atoms with E-state index in [1.54, 1.807) is 24.3 Å². The zero-order chi connectivity index (χ0) is 17.6. The number of likely N-dealkylation sites (tertiary alicyclic amines) is 1. The lowest BCUT2D eigenvalue weighted by molar-refractivity contribution is -0.114. The molecule has 1 aromatic heterocycles. The third-order valence-corrected chi connectivity index (χ3v) is 3.98. The van der Waals surface area contributed by atoms with E-state index in [-0.39, 0.29) is 11.8 Å². The third-order valence-electron chi connectivity index (χ3n) is 3.98. The highest BCUT2D eigenvalue weighted by molar-refractivity contribution is 5.92. The maximum atomic E-state index is 12.4. The van der Waals surface area contributed by atoms with Crippen molar-refractivity contribution in [3.63, 3.8) is 0 Å². The number of piperidine rings is 1. The van der Waals surface area contributed by atoms with Crippen molar-refractivity contribution in [3.05, 3.63) is 42.1 Å². The summed E-state index contributed by atoms with van der Waals surface area (Å²) in [6.07, 6.45) is 3.27. The van der Waals surface area contributed by atoms with Crippen LogP contribution in [0.1, 0.15) is 36.7 Å². The second kappa shape index (κ2) is 7.74. The smallest absolute Gasteiger partial charge is 0.274 e. The molecule has 0 radical (unpaired) electrons. The van der Waals surface area contributed by atoms with E-state index < -0.39 is 0 Å². The Kier molecular flexibility index (Phi) is 5.23. The zero-order valence-corrected chi connectivity index (χ0v) is 14.2. The van der Waals surface area contributed by atoms with Crippen molar-refractivity contribution in [2.24, 2.45) is 0 Å². The van der Waals surface area contributed by atoms with Crippen LogP contribution in [0.2, 0.25) is 0 Å². The molecule has 0 saturated carbocycles. The summed E-state index contributed by atoms with van der Waals surface area (Å²) in [5.74, 6) is 0.346. The Morgan fingerprint density at radius 1 is 1.00 bits per heavy atom. The van der Waals surface area contributed by atoms with Crippen molar-refractivity contribution in [1.29, 1.82) is 0 Å². The molecule has 1 saturated heterocycles. The average Bonchev–Trinajstić information content (AvgIpc) is 2.62. The predicted octanol–water partition coefficient (Wildman–Crippen LogP) is 2.80. The Morgan fingerprint density at radius 3 is 2.44 bits per heavy atom. The molecule has 130 valence electrons. The minimum absolute atomic E-state index is 0.0635. The van der Waals surface area contributed by atoms with Crippen molar-refractivity contribution in [2.75, 3.05) is 23.7 Å². The largest absolute Gasteiger partial charge is 0.339 e. The molecular formula is C18H21N5O2. The van der Waals surface area contributed by atoms with Crippen molar-refractivity contribution < 1.29 is 9.59 Å². The molecule has 0 spiro atoms. The van der Waals surface area contributed by atoms with Crippen LogP contribution in [0.5, 0.6) is 0 Å². The topological polar surface area (TPSA) is 87.2 Å². The van der Waals surface area contributed by atoms with Crippen molar-refractivity contribution in [2.45, 2.75) is 26.2 Å². The van der Waals surface area contributed by atoms with Gasteiger partial charge in [0, 0.05) is 31.4 Å². The Morgan fingerprint density at radius 2 is 1.76 bits per heavy atom. The van der Waals surface area contributed by atoms with Gasteiger partial charge in [-0.1, -0.05) is 6.07 Å². The molecule has 2 amide bonds. The highest BCUT2D eigenvalue weighted by Gasteiger charge is 2.19. The van der Waals surface area contributed by atoms with Crippen LogP contribution >= 0.6 is 0 Å². The van der Waals surface area contributed by atoms with Crippen molar-refractivity contribution in [1.82, 2.24) is 15.1 Å². The van der Waals surface area contributed by atoms with E-state index in [2.05, 4.69) is 20.8 Å². The number of amides is 2. The lowest BCUT2D eigenvalue weighted by Crippen LogP contribution is -2.36. The van der Waals surface area contributed by atoms with Crippen LogP contribution in [0, 0.1) is 0 Å². The molecule has 1 aromatic carbocycles. The second-order valence-corrected chi connectivity index (χ2v) is 6.04. The number of carbonyl (C=O) groups is 2. The van der Waals surface area contributed by atoms with Gasteiger partial charge in [-0.05, 0) is 49.6 Å². The molecule has 0 aliphatic carbocycles. The Hall–Kier alpha value is -2.96. The first-order valence-corrected chi connectivity index (χ1v) is 8.39. The summed E-state index contributed by atoms with van der Waals surface area (Å²) >= 11 is 0. The van der Waals surface area contributed by atoms with Gasteiger partial charge in [0.15, 0.2) is 11.5 Å².